The van der Waals surface area contributed by atoms with E-state index in [0.717, 1.165) is 10.0 Å². The Morgan fingerprint density at radius 1 is 1.37 bits per heavy atom. The molecule has 0 bridgehead atoms. The fourth-order valence-electron chi connectivity index (χ4n) is 1.70. The molecule has 0 aromatic heterocycles. The predicted molar refractivity (Wildman–Crippen MR) is 75.9 cm³/mol. The molecule has 0 aliphatic rings. The number of carboxylic acid groups (broad SMARTS) is 1. The van der Waals surface area contributed by atoms with Gasteiger partial charge in [-0.25, -0.2) is 4.79 Å². The molecule has 0 heterocycles. The summed E-state index contributed by atoms with van der Waals surface area (Å²) in [6.45, 7) is 2.29. The minimum atomic E-state index is -1.01. The van der Waals surface area contributed by atoms with Crippen molar-refractivity contribution in [1.29, 1.82) is 0 Å². The molecule has 6 heteroatoms. The molecule has 19 heavy (non-hydrogen) atoms. The summed E-state index contributed by atoms with van der Waals surface area (Å²) in [4.78, 5) is 25.6. The van der Waals surface area contributed by atoms with E-state index in [-0.39, 0.29) is 12.6 Å². The Kier molecular flexibility index (Phi) is 5.82. The second-order valence-electron chi connectivity index (χ2n) is 4.18. The molecular weight excluding hydrogens is 312 g/mol. The third-order valence-electron chi connectivity index (χ3n) is 2.61. The first-order chi connectivity index (χ1) is 8.93. The van der Waals surface area contributed by atoms with E-state index in [2.05, 4.69) is 15.9 Å². The molecule has 0 saturated carbocycles. The van der Waals surface area contributed by atoms with Gasteiger partial charge in [0, 0.05) is 24.6 Å². The number of benzene rings is 1. The molecule has 1 aromatic rings. The largest absolute Gasteiger partial charge is 0.480 e. The van der Waals surface area contributed by atoms with Crippen LogP contribution in [-0.2, 0) is 11.3 Å². The van der Waals surface area contributed by atoms with Gasteiger partial charge in [0.25, 0.3) is 0 Å². The molecule has 0 radical (unpaired) electrons. The molecule has 0 atom stereocenters. The molecule has 1 rings (SSSR count). The van der Waals surface area contributed by atoms with Gasteiger partial charge < -0.3 is 14.9 Å². The Labute approximate surface area is 120 Å². The van der Waals surface area contributed by atoms with Crippen molar-refractivity contribution in [1.82, 2.24) is 9.80 Å². The summed E-state index contributed by atoms with van der Waals surface area (Å²) >= 11 is 3.37. The lowest BCUT2D eigenvalue weighted by atomic mass is 10.2. The van der Waals surface area contributed by atoms with E-state index in [1.165, 1.54) is 9.80 Å². The van der Waals surface area contributed by atoms with Gasteiger partial charge in [-0.2, -0.15) is 0 Å². The van der Waals surface area contributed by atoms with Gasteiger partial charge in [-0.1, -0.05) is 28.1 Å². The summed E-state index contributed by atoms with van der Waals surface area (Å²) in [7, 11) is 1.66. The minimum absolute atomic E-state index is 0.280. The van der Waals surface area contributed by atoms with E-state index in [1.807, 2.05) is 24.3 Å². The Bertz CT molecular complexity index is 465. The zero-order chi connectivity index (χ0) is 14.4. The highest BCUT2D eigenvalue weighted by atomic mass is 79.9. The molecule has 1 aromatic carbocycles. The molecule has 2 amide bonds. The van der Waals surface area contributed by atoms with E-state index in [0.29, 0.717) is 13.1 Å². The topological polar surface area (TPSA) is 60.9 Å². The quantitative estimate of drug-likeness (QED) is 0.902. The normalized spacial score (nSPS) is 10.1. The van der Waals surface area contributed by atoms with Crippen molar-refractivity contribution in [3.63, 3.8) is 0 Å². The molecule has 0 aliphatic carbocycles. The number of hydrogen-bond donors (Lipinski definition) is 1. The van der Waals surface area contributed by atoms with Crippen molar-refractivity contribution >= 4 is 27.9 Å². The first-order valence-corrected chi connectivity index (χ1v) is 6.69. The second-order valence-corrected chi connectivity index (χ2v) is 5.09. The van der Waals surface area contributed by atoms with Crippen molar-refractivity contribution in [3.8, 4) is 0 Å². The minimum Gasteiger partial charge on any atom is -0.480 e. The van der Waals surface area contributed by atoms with Gasteiger partial charge in [-0.3, -0.25) is 4.79 Å². The Morgan fingerprint density at radius 2 is 2.05 bits per heavy atom. The Morgan fingerprint density at radius 3 is 2.58 bits per heavy atom. The molecule has 104 valence electrons. The number of carboxylic acids is 1. The predicted octanol–water partition coefficient (Wildman–Crippen LogP) is 2.41. The summed E-state index contributed by atoms with van der Waals surface area (Å²) in [5.41, 5.74) is 0.983. The number of likely N-dealkylation sites (N-methyl/N-ethyl adjacent to an activating group) is 1. The maximum Gasteiger partial charge on any atom is 0.323 e. The van der Waals surface area contributed by atoms with Crippen LogP contribution in [0.4, 0.5) is 4.79 Å². The van der Waals surface area contributed by atoms with Crippen molar-refractivity contribution in [2.45, 2.75) is 13.5 Å². The van der Waals surface area contributed by atoms with E-state index >= 15 is 0 Å². The van der Waals surface area contributed by atoms with Crippen LogP contribution in [0.3, 0.4) is 0 Å². The van der Waals surface area contributed by atoms with Gasteiger partial charge in [-0.05, 0) is 24.6 Å². The van der Waals surface area contributed by atoms with Crippen molar-refractivity contribution < 1.29 is 14.7 Å². The lowest BCUT2D eigenvalue weighted by Crippen LogP contribution is -2.43. The van der Waals surface area contributed by atoms with Gasteiger partial charge >= 0.3 is 12.0 Å². The number of amides is 2. The monoisotopic (exact) mass is 328 g/mol. The fourth-order valence-corrected chi connectivity index (χ4v) is 2.14. The van der Waals surface area contributed by atoms with Gasteiger partial charge in [0.1, 0.15) is 6.54 Å². The molecule has 0 fully saturated rings. The lowest BCUT2D eigenvalue weighted by Gasteiger charge is -2.26. The standard InChI is InChI=1S/C13H17BrN2O3/c1-3-16(9-12(17)18)13(19)15(2)8-10-5-4-6-11(14)7-10/h4-7H,3,8-9H2,1-2H3,(H,17,18). The van der Waals surface area contributed by atoms with Gasteiger partial charge in [0.2, 0.25) is 0 Å². The number of nitrogens with zero attached hydrogens (tertiary/aromatic N) is 2. The van der Waals surface area contributed by atoms with Crippen LogP contribution in [0, 0.1) is 0 Å². The average Bonchev–Trinajstić information content (AvgIpc) is 2.34. The Hall–Kier alpha value is -1.56. The number of carbonyl (C=O) groups excluding carboxylic acids is 1. The summed E-state index contributed by atoms with van der Waals surface area (Å²) in [5.74, 6) is -1.01. The molecule has 0 aliphatic heterocycles. The number of urea groups is 1. The van der Waals surface area contributed by atoms with E-state index in [1.54, 1.807) is 14.0 Å². The third-order valence-corrected chi connectivity index (χ3v) is 3.11. The van der Waals surface area contributed by atoms with Crippen molar-refractivity contribution in [2.75, 3.05) is 20.1 Å². The van der Waals surface area contributed by atoms with Crippen LogP contribution < -0.4 is 0 Å². The van der Waals surface area contributed by atoms with Crippen LogP contribution in [0.25, 0.3) is 0 Å². The summed E-state index contributed by atoms with van der Waals surface area (Å²) in [6, 6.07) is 7.37. The molecular formula is C13H17BrN2O3. The number of rotatable bonds is 5. The van der Waals surface area contributed by atoms with Crippen molar-refractivity contribution in [2.24, 2.45) is 0 Å². The van der Waals surface area contributed by atoms with E-state index in [4.69, 9.17) is 5.11 Å². The van der Waals surface area contributed by atoms with Crippen molar-refractivity contribution in [3.05, 3.63) is 34.3 Å². The lowest BCUT2D eigenvalue weighted by molar-refractivity contribution is -0.137. The van der Waals surface area contributed by atoms with Crippen LogP contribution in [0.2, 0.25) is 0 Å². The molecule has 5 nitrogen and oxygen atoms in total. The second kappa shape index (κ2) is 7.13. The maximum atomic E-state index is 12.1. The van der Waals surface area contributed by atoms with Gasteiger partial charge in [-0.15, -0.1) is 0 Å². The maximum absolute atomic E-state index is 12.1. The zero-order valence-electron chi connectivity index (χ0n) is 11.0. The van der Waals surface area contributed by atoms with Crippen LogP contribution in [0.15, 0.2) is 28.7 Å². The first-order valence-electron chi connectivity index (χ1n) is 5.90. The Balaban J connectivity index is 2.68. The van der Waals surface area contributed by atoms with Gasteiger partial charge in [0.15, 0.2) is 0 Å². The summed E-state index contributed by atoms with van der Waals surface area (Å²) in [5, 5.41) is 8.75. The van der Waals surface area contributed by atoms with E-state index < -0.39 is 5.97 Å². The van der Waals surface area contributed by atoms with Crippen LogP contribution in [0.1, 0.15) is 12.5 Å². The third kappa shape index (κ3) is 4.90. The summed E-state index contributed by atoms with van der Waals surface area (Å²) < 4.78 is 0.948. The highest BCUT2D eigenvalue weighted by molar-refractivity contribution is 9.10. The number of carbonyl (C=O) groups is 2. The zero-order valence-corrected chi connectivity index (χ0v) is 12.6. The number of halogens is 1. The smallest absolute Gasteiger partial charge is 0.323 e. The highest BCUT2D eigenvalue weighted by Crippen LogP contribution is 2.13. The molecule has 0 unspecified atom stereocenters. The fraction of sp³-hybridized carbons (Fsp3) is 0.385. The van der Waals surface area contributed by atoms with Crippen LogP contribution in [0.5, 0.6) is 0 Å². The average molecular weight is 329 g/mol. The van der Waals surface area contributed by atoms with Crippen LogP contribution >= 0.6 is 15.9 Å². The van der Waals surface area contributed by atoms with Crippen LogP contribution in [-0.4, -0.2) is 47.0 Å². The molecule has 0 spiro atoms. The first kappa shape index (κ1) is 15.5. The van der Waals surface area contributed by atoms with E-state index in [9.17, 15) is 9.59 Å². The summed E-state index contributed by atoms with van der Waals surface area (Å²) in [6.07, 6.45) is 0. The molecule has 1 N–H and O–H groups in total. The SMILES string of the molecule is CCN(CC(=O)O)C(=O)N(C)Cc1cccc(Br)c1. The number of aliphatic carboxylic acids is 1. The number of hydrogen-bond acceptors (Lipinski definition) is 2. The highest BCUT2D eigenvalue weighted by Gasteiger charge is 2.18. The van der Waals surface area contributed by atoms with Gasteiger partial charge in [0.05, 0.1) is 0 Å². The molecule has 0 saturated heterocycles.